The number of H-pyrrole nitrogens is 1. The van der Waals surface area contributed by atoms with Crippen LogP contribution in [0.5, 0.6) is 0 Å². The number of aromatic nitrogens is 2. The predicted octanol–water partition coefficient (Wildman–Crippen LogP) is 6.03. The van der Waals surface area contributed by atoms with Crippen LogP contribution in [0.25, 0.3) is 11.1 Å². The van der Waals surface area contributed by atoms with E-state index in [0.717, 1.165) is 57.2 Å². The minimum Gasteiger partial charge on any atom is -0.312 e. The number of carbonyl (C=O) groups is 1. The average molecular weight is 416 g/mol. The lowest BCUT2D eigenvalue weighted by atomic mass is 9.78. The first-order valence-electron chi connectivity index (χ1n) is 11.9. The van der Waals surface area contributed by atoms with Gasteiger partial charge in [0, 0.05) is 23.5 Å². The minimum absolute atomic E-state index is 0.278. The summed E-state index contributed by atoms with van der Waals surface area (Å²) in [6, 6.07) is 4.65. The SMILES string of the molecule is CCCC1=C(c2cc3c(cc2C)C2(CC=CC2)C(=O)N3CC)CCCc2c1n[nH]c2C. The Morgan fingerprint density at radius 2 is 1.90 bits per heavy atom. The molecule has 0 bridgehead atoms. The van der Waals surface area contributed by atoms with E-state index in [2.05, 4.69) is 57.1 Å². The van der Waals surface area contributed by atoms with Gasteiger partial charge in [0.05, 0.1) is 11.1 Å². The fourth-order valence-corrected chi connectivity index (χ4v) is 6.03. The Hall–Kier alpha value is -2.62. The molecule has 4 heteroatoms. The molecular weight excluding hydrogens is 382 g/mol. The summed E-state index contributed by atoms with van der Waals surface area (Å²) in [6.45, 7) is 9.43. The summed E-state index contributed by atoms with van der Waals surface area (Å²) < 4.78 is 0. The van der Waals surface area contributed by atoms with Crippen molar-refractivity contribution in [2.24, 2.45) is 0 Å². The van der Waals surface area contributed by atoms with E-state index in [9.17, 15) is 4.79 Å². The van der Waals surface area contributed by atoms with Crippen molar-refractivity contribution in [1.82, 2.24) is 10.2 Å². The topological polar surface area (TPSA) is 49.0 Å². The summed E-state index contributed by atoms with van der Waals surface area (Å²) in [4.78, 5) is 15.5. The number of rotatable bonds is 4. The Labute approximate surface area is 185 Å². The standard InChI is InChI=1S/C27H33N3O/c1-5-10-21-20(12-9-11-19-18(4)28-29-25(19)21)22-16-24-23(15-17(22)3)27(13-7-8-14-27)26(31)30(24)6-2/h7-8,15-16H,5-6,9-14H2,1-4H3,(H,28,29). The number of carbonyl (C=O) groups excluding carboxylic acids is 1. The Kier molecular flexibility index (Phi) is 4.91. The highest BCUT2D eigenvalue weighted by Gasteiger charge is 2.50. The molecule has 4 nitrogen and oxygen atoms in total. The third kappa shape index (κ3) is 2.87. The van der Waals surface area contributed by atoms with Gasteiger partial charge in [-0.05, 0) is 93.2 Å². The number of hydrogen-bond acceptors (Lipinski definition) is 2. The lowest BCUT2D eigenvalue weighted by molar-refractivity contribution is -0.122. The first-order valence-corrected chi connectivity index (χ1v) is 11.9. The van der Waals surface area contributed by atoms with Gasteiger partial charge in [-0.25, -0.2) is 0 Å². The van der Waals surface area contributed by atoms with Crippen molar-refractivity contribution >= 4 is 22.7 Å². The summed E-state index contributed by atoms with van der Waals surface area (Å²) in [5, 5.41) is 7.97. The van der Waals surface area contributed by atoms with Gasteiger partial charge in [0.1, 0.15) is 0 Å². The number of nitrogens with one attached hydrogen (secondary N) is 1. The van der Waals surface area contributed by atoms with Crippen LogP contribution in [0.3, 0.4) is 0 Å². The van der Waals surface area contributed by atoms with Gasteiger partial charge in [-0.2, -0.15) is 5.10 Å². The molecule has 0 atom stereocenters. The van der Waals surface area contributed by atoms with Crippen LogP contribution in [0.2, 0.25) is 0 Å². The second-order valence-electron chi connectivity index (χ2n) is 9.43. The van der Waals surface area contributed by atoms with Gasteiger partial charge in [-0.1, -0.05) is 31.6 Å². The molecule has 2 heterocycles. The molecule has 1 aliphatic heterocycles. The van der Waals surface area contributed by atoms with Crippen molar-refractivity contribution in [2.45, 2.75) is 78.1 Å². The molecule has 1 spiro atoms. The third-order valence-corrected chi connectivity index (χ3v) is 7.62. The molecule has 31 heavy (non-hydrogen) atoms. The van der Waals surface area contributed by atoms with Crippen molar-refractivity contribution in [3.05, 3.63) is 57.9 Å². The monoisotopic (exact) mass is 415 g/mol. The normalized spacial score (nSPS) is 19.4. The van der Waals surface area contributed by atoms with E-state index in [1.54, 1.807) is 0 Å². The van der Waals surface area contributed by atoms with E-state index >= 15 is 0 Å². The van der Waals surface area contributed by atoms with Gasteiger partial charge in [0.2, 0.25) is 5.91 Å². The van der Waals surface area contributed by atoms with Crippen molar-refractivity contribution in [1.29, 1.82) is 0 Å². The molecule has 3 aliphatic rings. The number of hydrogen-bond donors (Lipinski definition) is 1. The summed E-state index contributed by atoms with van der Waals surface area (Å²) in [6.07, 6.45) is 11.4. The zero-order chi connectivity index (χ0) is 21.8. The van der Waals surface area contributed by atoms with E-state index < -0.39 is 0 Å². The second-order valence-corrected chi connectivity index (χ2v) is 9.43. The van der Waals surface area contributed by atoms with Crippen molar-refractivity contribution < 1.29 is 4.79 Å². The number of nitrogens with zero attached hydrogens (tertiary/aromatic N) is 2. The van der Waals surface area contributed by atoms with E-state index in [4.69, 9.17) is 5.10 Å². The zero-order valence-electron chi connectivity index (χ0n) is 19.3. The van der Waals surface area contributed by atoms with Crippen molar-refractivity contribution in [3.8, 4) is 0 Å². The van der Waals surface area contributed by atoms with E-state index in [0.29, 0.717) is 0 Å². The van der Waals surface area contributed by atoms with Gasteiger partial charge in [-0.3, -0.25) is 9.89 Å². The number of likely N-dealkylation sites (N-methyl/N-ethyl adjacent to an activating group) is 1. The molecular formula is C27H33N3O. The molecule has 0 unspecified atom stereocenters. The first-order chi connectivity index (χ1) is 15.0. The Bertz CT molecular complexity index is 1110. The van der Waals surface area contributed by atoms with Crippen LogP contribution in [0, 0.1) is 13.8 Å². The third-order valence-electron chi connectivity index (χ3n) is 7.62. The average Bonchev–Trinajstić information content (AvgIpc) is 3.41. The summed E-state index contributed by atoms with van der Waals surface area (Å²) in [7, 11) is 0. The van der Waals surface area contributed by atoms with Crippen LogP contribution in [0.1, 0.15) is 86.0 Å². The number of fused-ring (bicyclic) bond motifs is 3. The maximum Gasteiger partial charge on any atom is 0.238 e. The number of aryl methyl sites for hydroxylation is 2. The molecule has 0 saturated heterocycles. The Balaban J connectivity index is 1.71. The van der Waals surface area contributed by atoms with E-state index in [1.165, 1.54) is 44.8 Å². The molecule has 5 rings (SSSR count). The van der Waals surface area contributed by atoms with Crippen LogP contribution >= 0.6 is 0 Å². The number of amides is 1. The molecule has 1 N–H and O–H groups in total. The highest BCUT2D eigenvalue weighted by molar-refractivity contribution is 6.09. The van der Waals surface area contributed by atoms with Crippen molar-refractivity contribution in [2.75, 3.05) is 11.4 Å². The molecule has 1 aromatic carbocycles. The molecule has 0 fully saturated rings. The van der Waals surface area contributed by atoms with Crippen LogP contribution in [0.15, 0.2) is 24.3 Å². The lowest BCUT2D eigenvalue weighted by Crippen LogP contribution is -2.38. The van der Waals surface area contributed by atoms with Crippen LogP contribution in [0.4, 0.5) is 5.69 Å². The summed E-state index contributed by atoms with van der Waals surface area (Å²) in [5.74, 6) is 0.278. The second kappa shape index (κ2) is 7.51. The Morgan fingerprint density at radius 1 is 1.13 bits per heavy atom. The van der Waals surface area contributed by atoms with Gasteiger partial charge in [0.25, 0.3) is 0 Å². The van der Waals surface area contributed by atoms with Crippen LogP contribution < -0.4 is 4.90 Å². The van der Waals surface area contributed by atoms with Gasteiger partial charge in [0.15, 0.2) is 0 Å². The molecule has 1 amide bonds. The smallest absolute Gasteiger partial charge is 0.238 e. The summed E-state index contributed by atoms with van der Waals surface area (Å²) >= 11 is 0. The molecule has 162 valence electrons. The lowest BCUT2D eigenvalue weighted by Gasteiger charge is -2.23. The molecule has 0 saturated carbocycles. The minimum atomic E-state index is -0.370. The highest BCUT2D eigenvalue weighted by Crippen LogP contribution is 2.51. The largest absolute Gasteiger partial charge is 0.312 e. The first kappa shape index (κ1) is 20.3. The number of benzene rings is 1. The fraction of sp³-hybridized carbons (Fsp3) is 0.481. The van der Waals surface area contributed by atoms with Crippen LogP contribution in [-0.4, -0.2) is 22.6 Å². The summed E-state index contributed by atoms with van der Waals surface area (Å²) in [5.41, 5.74) is 11.2. The number of anilines is 1. The van der Waals surface area contributed by atoms with E-state index in [1.807, 2.05) is 4.90 Å². The van der Waals surface area contributed by atoms with E-state index in [-0.39, 0.29) is 11.3 Å². The zero-order valence-corrected chi connectivity index (χ0v) is 19.3. The van der Waals surface area contributed by atoms with Crippen LogP contribution in [-0.2, 0) is 16.6 Å². The molecule has 1 aromatic heterocycles. The maximum atomic E-state index is 13.5. The fourth-order valence-electron chi connectivity index (χ4n) is 6.03. The van der Waals surface area contributed by atoms with Gasteiger partial charge >= 0.3 is 0 Å². The van der Waals surface area contributed by atoms with Gasteiger partial charge < -0.3 is 4.90 Å². The maximum absolute atomic E-state index is 13.5. The molecule has 0 radical (unpaired) electrons. The number of allylic oxidation sites excluding steroid dienone is 4. The molecule has 2 aliphatic carbocycles. The molecule has 2 aromatic rings. The van der Waals surface area contributed by atoms with Crippen molar-refractivity contribution in [3.63, 3.8) is 0 Å². The highest BCUT2D eigenvalue weighted by atomic mass is 16.2. The Morgan fingerprint density at radius 3 is 2.61 bits per heavy atom. The van der Waals surface area contributed by atoms with Gasteiger partial charge in [-0.15, -0.1) is 0 Å². The predicted molar refractivity (Wildman–Crippen MR) is 127 cm³/mol. The quantitative estimate of drug-likeness (QED) is 0.620. The number of aromatic amines is 1.